The Bertz CT molecular complexity index is 788. The van der Waals surface area contributed by atoms with Crippen LogP contribution in [0.2, 0.25) is 0 Å². The lowest BCUT2D eigenvalue weighted by Crippen LogP contribution is -2.65. The first-order chi connectivity index (χ1) is 12.1. The summed E-state index contributed by atoms with van der Waals surface area (Å²) in [6, 6.07) is 4.65. The van der Waals surface area contributed by atoms with Crippen molar-refractivity contribution in [2.45, 2.75) is 43.4 Å². The third-order valence-corrected chi connectivity index (χ3v) is 6.64. The van der Waals surface area contributed by atoms with Crippen molar-refractivity contribution < 1.29 is 19.0 Å². The largest absolute Gasteiger partial charge is 0.493 e. The van der Waals surface area contributed by atoms with E-state index in [1.165, 1.54) is 18.1 Å². The Morgan fingerprint density at radius 3 is 2.96 bits per heavy atom. The molecule has 25 heavy (non-hydrogen) atoms. The molecule has 1 fully saturated rings. The van der Waals surface area contributed by atoms with Crippen molar-refractivity contribution in [3.63, 3.8) is 0 Å². The second kappa shape index (κ2) is 5.01. The average molecular weight is 341 g/mol. The number of piperidine rings is 1. The van der Waals surface area contributed by atoms with Gasteiger partial charge in [0.2, 0.25) is 0 Å². The van der Waals surface area contributed by atoms with Crippen molar-refractivity contribution in [3.8, 4) is 11.5 Å². The Kier molecular flexibility index (Phi) is 3.06. The highest BCUT2D eigenvalue weighted by atomic mass is 16.6. The molecular weight excluding hydrogens is 318 g/mol. The minimum atomic E-state index is -0.346. The van der Waals surface area contributed by atoms with E-state index in [0.717, 1.165) is 30.9 Å². The molecule has 2 aliphatic heterocycles. The topological polar surface area (TPSA) is 48.0 Å². The molecule has 1 aromatic carbocycles. The van der Waals surface area contributed by atoms with Crippen LogP contribution in [-0.2, 0) is 21.4 Å². The molecule has 1 spiro atoms. The predicted molar refractivity (Wildman–Crippen MR) is 92.0 cm³/mol. The molecule has 2 aliphatic carbocycles. The zero-order chi connectivity index (χ0) is 17.3. The number of likely N-dealkylation sites (tertiary alicyclic amines) is 1. The molecule has 1 aromatic rings. The fourth-order valence-electron chi connectivity index (χ4n) is 5.66. The Hall–Kier alpha value is -2.01. The number of nitrogens with zero attached hydrogens (tertiary/aromatic N) is 1. The van der Waals surface area contributed by atoms with Gasteiger partial charge in [-0.25, -0.2) is 0 Å². The molecule has 5 atom stereocenters. The first kappa shape index (κ1) is 15.3. The van der Waals surface area contributed by atoms with E-state index in [-0.39, 0.29) is 23.6 Å². The number of hydrogen-bond donors (Lipinski definition) is 0. The quantitative estimate of drug-likeness (QED) is 0.609. The van der Waals surface area contributed by atoms with Crippen LogP contribution in [0, 0.1) is 5.92 Å². The van der Waals surface area contributed by atoms with Gasteiger partial charge in [-0.2, -0.15) is 0 Å². The number of rotatable bonds is 2. The molecule has 0 saturated carbocycles. The third-order valence-electron chi connectivity index (χ3n) is 6.64. The molecule has 2 heterocycles. The second-order valence-corrected chi connectivity index (χ2v) is 7.70. The first-order valence-electron chi connectivity index (χ1n) is 8.99. The highest BCUT2D eigenvalue weighted by Gasteiger charge is 2.65. The summed E-state index contributed by atoms with van der Waals surface area (Å²) in [6.07, 6.45) is 5.81. The summed E-state index contributed by atoms with van der Waals surface area (Å²) in [5, 5.41) is 0. The molecule has 132 valence electrons. The van der Waals surface area contributed by atoms with Crippen LogP contribution in [0.15, 0.2) is 24.3 Å². The molecule has 2 bridgehead atoms. The van der Waals surface area contributed by atoms with Gasteiger partial charge >= 0.3 is 5.97 Å². The van der Waals surface area contributed by atoms with Crippen molar-refractivity contribution in [2.24, 2.45) is 5.92 Å². The number of methoxy groups -OCH3 is 1. The fraction of sp³-hybridized carbons (Fsp3) is 0.550. The lowest BCUT2D eigenvalue weighted by atomic mass is 9.53. The molecule has 0 N–H and O–H groups in total. The third kappa shape index (κ3) is 1.79. The van der Waals surface area contributed by atoms with Gasteiger partial charge in [-0.1, -0.05) is 12.1 Å². The van der Waals surface area contributed by atoms with Crippen LogP contribution in [0.4, 0.5) is 0 Å². The molecule has 0 radical (unpaired) electrons. The van der Waals surface area contributed by atoms with Gasteiger partial charge in [0.25, 0.3) is 0 Å². The van der Waals surface area contributed by atoms with Crippen molar-refractivity contribution in [2.75, 3.05) is 20.7 Å². The van der Waals surface area contributed by atoms with E-state index >= 15 is 0 Å². The lowest BCUT2D eigenvalue weighted by molar-refractivity contribution is -0.152. The maximum atomic E-state index is 11.6. The highest BCUT2D eigenvalue weighted by molar-refractivity contribution is 5.67. The van der Waals surface area contributed by atoms with Gasteiger partial charge in [0, 0.05) is 29.9 Å². The van der Waals surface area contributed by atoms with Crippen LogP contribution in [0.3, 0.4) is 0 Å². The normalized spacial score (nSPS) is 37.2. The fourth-order valence-corrected chi connectivity index (χ4v) is 5.66. The van der Waals surface area contributed by atoms with Gasteiger partial charge in [0.15, 0.2) is 17.6 Å². The van der Waals surface area contributed by atoms with Crippen LogP contribution >= 0.6 is 0 Å². The van der Waals surface area contributed by atoms with Crippen LogP contribution in [0.5, 0.6) is 11.5 Å². The summed E-state index contributed by atoms with van der Waals surface area (Å²) >= 11 is 0. The Morgan fingerprint density at radius 2 is 2.20 bits per heavy atom. The standard InChI is InChI=1S/C20H23NO4/c1-11(22)24-16-7-5-13-14-10-12-4-6-15(23-3)18-17(12)20(13,19(16)25-18)8-9-21(14)2/h4-7,13-14,16,19H,8-10H2,1-3H3/t13-,14-,16+,19+,20+/m1/s1. The van der Waals surface area contributed by atoms with E-state index in [1.54, 1.807) is 7.11 Å². The highest BCUT2D eigenvalue weighted by Crippen LogP contribution is 2.62. The van der Waals surface area contributed by atoms with Gasteiger partial charge in [0.05, 0.1) is 7.11 Å². The molecule has 0 amide bonds. The van der Waals surface area contributed by atoms with Crippen LogP contribution in [-0.4, -0.2) is 49.8 Å². The summed E-state index contributed by atoms with van der Waals surface area (Å²) in [7, 11) is 3.89. The summed E-state index contributed by atoms with van der Waals surface area (Å²) < 4.78 is 17.7. The maximum absolute atomic E-state index is 11.6. The minimum absolute atomic E-state index is 0.122. The zero-order valence-electron chi connectivity index (χ0n) is 14.8. The number of carbonyl (C=O) groups is 1. The Labute approximate surface area is 147 Å². The number of esters is 1. The van der Waals surface area contributed by atoms with E-state index in [4.69, 9.17) is 14.2 Å². The first-order valence-corrected chi connectivity index (χ1v) is 8.99. The Balaban J connectivity index is 1.74. The predicted octanol–water partition coefficient (Wildman–Crippen LogP) is 2.07. The van der Waals surface area contributed by atoms with Gasteiger partial charge < -0.3 is 19.1 Å². The van der Waals surface area contributed by atoms with Gasteiger partial charge in [-0.05, 0) is 44.1 Å². The molecule has 4 aliphatic rings. The van der Waals surface area contributed by atoms with E-state index < -0.39 is 0 Å². The Morgan fingerprint density at radius 1 is 1.36 bits per heavy atom. The van der Waals surface area contributed by atoms with Gasteiger partial charge in [-0.3, -0.25) is 4.79 Å². The lowest BCUT2D eigenvalue weighted by Gasteiger charge is -2.56. The molecule has 0 aromatic heterocycles. The zero-order valence-corrected chi connectivity index (χ0v) is 14.8. The molecule has 5 rings (SSSR count). The molecule has 5 heteroatoms. The number of hydrogen-bond acceptors (Lipinski definition) is 5. The number of benzene rings is 1. The van der Waals surface area contributed by atoms with E-state index in [9.17, 15) is 4.79 Å². The van der Waals surface area contributed by atoms with E-state index in [1.807, 2.05) is 12.1 Å². The van der Waals surface area contributed by atoms with Crippen LogP contribution < -0.4 is 9.47 Å². The molecule has 5 nitrogen and oxygen atoms in total. The number of likely N-dealkylation sites (N-methyl/N-ethyl adjacent to an activating group) is 1. The van der Waals surface area contributed by atoms with Gasteiger partial charge in [0.1, 0.15) is 6.10 Å². The van der Waals surface area contributed by atoms with E-state index in [0.29, 0.717) is 12.0 Å². The summed E-state index contributed by atoms with van der Waals surface area (Å²) in [5.74, 6) is 1.75. The summed E-state index contributed by atoms with van der Waals surface area (Å²) in [4.78, 5) is 14.1. The second-order valence-electron chi connectivity index (χ2n) is 7.70. The number of carbonyl (C=O) groups excluding carboxylic acids is 1. The smallest absolute Gasteiger partial charge is 0.303 e. The minimum Gasteiger partial charge on any atom is -0.493 e. The maximum Gasteiger partial charge on any atom is 0.303 e. The van der Waals surface area contributed by atoms with Crippen LogP contribution in [0.25, 0.3) is 0 Å². The van der Waals surface area contributed by atoms with Crippen molar-refractivity contribution >= 4 is 5.97 Å². The number of ether oxygens (including phenoxy) is 3. The monoisotopic (exact) mass is 341 g/mol. The van der Waals surface area contributed by atoms with Gasteiger partial charge in [-0.15, -0.1) is 0 Å². The molecule has 0 unspecified atom stereocenters. The van der Waals surface area contributed by atoms with Crippen molar-refractivity contribution in [1.82, 2.24) is 4.90 Å². The average Bonchev–Trinajstić information content (AvgIpc) is 2.94. The van der Waals surface area contributed by atoms with Crippen molar-refractivity contribution in [1.29, 1.82) is 0 Å². The molecule has 1 saturated heterocycles. The van der Waals surface area contributed by atoms with Crippen molar-refractivity contribution in [3.05, 3.63) is 35.4 Å². The van der Waals surface area contributed by atoms with E-state index in [2.05, 4.69) is 24.1 Å². The van der Waals surface area contributed by atoms with Crippen LogP contribution in [0.1, 0.15) is 24.5 Å². The summed E-state index contributed by atoms with van der Waals surface area (Å²) in [6.45, 7) is 2.49. The summed E-state index contributed by atoms with van der Waals surface area (Å²) in [5.41, 5.74) is 2.53. The SMILES string of the molecule is COc1ccc2c3c1O[C@H]1[C@@H](OC(C)=O)C=C[C@@H]4[C@@H](C2)N(C)CC[C@@]341. The molecular formula is C20H23NO4.